The minimum absolute atomic E-state index is 0.387. The highest BCUT2D eigenvalue weighted by Gasteiger charge is 2.07. The average molecular weight is 252 g/mol. The first-order valence-corrected chi connectivity index (χ1v) is 6.65. The number of nitrogens with zero attached hydrogens (tertiary/aromatic N) is 2. The van der Waals surface area contributed by atoms with Crippen LogP contribution in [0.15, 0.2) is 15.6 Å². The maximum atomic E-state index is 5.25. The van der Waals surface area contributed by atoms with Crippen molar-refractivity contribution < 1.29 is 4.52 Å². The summed E-state index contributed by atoms with van der Waals surface area (Å²) in [6, 6.07) is 1.97. The van der Waals surface area contributed by atoms with Crippen molar-refractivity contribution in [1.29, 1.82) is 0 Å². The Bertz CT molecular complexity index is 371. The van der Waals surface area contributed by atoms with Gasteiger partial charge in [-0.2, -0.15) is 0 Å². The molecule has 0 unspecified atom stereocenters. The van der Waals surface area contributed by atoms with Gasteiger partial charge in [-0.3, -0.25) is 0 Å². The maximum Gasteiger partial charge on any atom is 0.191 e. The van der Waals surface area contributed by atoms with Gasteiger partial charge in [-0.1, -0.05) is 25.9 Å². The van der Waals surface area contributed by atoms with Crippen molar-refractivity contribution in [3.63, 3.8) is 0 Å². The van der Waals surface area contributed by atoms with Gasteiger partial charge in [-0.15, -0.1) is 0 Å². The van der Waals surface area contributed by atoms with Crippen LogP contribution in [0.5, 0.6) is 0 Å². The number of nitrogens with one attached hydrogen (secondary N) is 2. The van der Waals surface area contributed by atoms with Crippen LogP contribution in [0.2, 0.25) is 0 Å². The summed E-state index contributed by atoms with van der Waals surface area (Å²) < 4.78 is 5.25. The van der Waals surface area contributed by atoms with Crippen LogP contribution >= 0.6 is 0 Å². The molecule has 1 rings (SSSR count). The second-order valence-electron chi connectivity index (χ2n) is 4.49. The summed E-state index contributed by atoms with van der Waals surface area (Å²) in [6.45, 7) is 10.6. The fraction of sp³-hybridized carbons (Fsp3) is 0.692. The molecule has 2 N–H and O–H groups in total. The average Bonchev–Trinajstić information content (AvgIpc) is 2.81. The molecule has 5 heteroatoms. The predicted octanol–water partition coefficient (Wildman–Crippen LogP) is 2.26. The monoisotopic (exact) mass is 252 g/mol. The van der Waals surface area contributed by atoms with Crippen molar-refractivity contribution in [2.75, 3.05) is 13.1 Å². The lowest BCUT2D eigenvalue weighted by Gasteiger charge is -2.09. The SMILES string of the molecule is CCCNC(=NCc1cc(C(C)C)no1)NCC. The minimum Gasteiger partial charge on any atom is -0.359 e. The highest BCUT2D eigenvalue weighted by Crippen LogP contribution is 2.14. The fourth-order valence-corrected chi connectivity index (χ4v) is 1.42. The van der Waals surface area contributed by atoms with Gasteiger partial charge in [0.1, 0.15) is 6.54 Å². The van der Waals surface area contributed by atoms with Crippen LogP contribution in [0.1, 0.15) is 51.5 Å². The quantitative estimate of drug-likeness (QED) is 0.602. The van der Waals surface area contributed by atoms with E-state index in [9.17, 15) is 0 Å². The summed E-state index contributed by atoms with van der Waals surface area (Å²) in [4.78, 5) is 4.45. The molecule has 5 nitrogen and oxygen atoms in total. The van der Waals surface area contributed by atoms with E-state index >= 15 is 0 Å². The van der Waals surface area contributed by atoms with Crippen LogP contribution in [0, 0.1) is 0 Å². The lowest BCUT2D eigenvalue weighted by Crippen LogP contribution is -2.37. The Morgan fingerprint density at radius 1 is 1.39 bits per heavy atom. The highest BCUT2D eigenvalue weighted by molar-refractivity contribution is 5.79. The first-order chi connectivity index (χ1) is 8.67. The molecule has 18 heavy (non-hydrogen) atoms. The third kappa shape index (κ3) is 4.77. The van der Waals surface area contributed by atoms with Crippen molar-refractivity contribution in [1.82, 2.24) is 15.8 Å². The molecular formula is C13H24N4O. The van der Waals surface area contributed by atoms with Crippen molar-refractivity contribution in [2.24, 2.45) is 4.99 Å². The van der Waals surface area contributed by atoms with E-state index in [1.807, 2.05) is 6.07 Å². The normalized spacial score (nSPS) is 11.9. The van der Waals surface area contributed by atoms with E-state index in [4.69, 9.17) is 4.52 Å². The molecule has 0 spiro atoms. The molecule has 0 aliphatic rings. The summed E-state index contributed by atoms with van der Waals surface area (Å²) in [6.07, 6.45) is 1.07. The van der Waals surface area contributed by atoms with Crippen LogP contribution in [-0.2, 0) is 6.54 Å². The zero-order chi connectivity index (χ0) is 13.4. The van der Waals surface area contributed by atoms with Gasteiger partial charge in [0.05, 0.1) is 5.69 Å². The second-order valence-corrected chi connectivity index (χ2v) is 4.49. The molecule has 1 heterocycles. The Labute approximate surface area is 109 Å². The van der Waals surface area contributed by atoms with Gasteiger partial charge in [-0.05, 0) is 19.3 Å². The Balaban J connectivity index is 2.56. The van der Waals surface area contributed by atoms with Gasteiger partial charge in [0, 0.05) is 19.2 Å². The molecular weight excluding hydrogens is 228 g/mol. The number of hydrogen-bond acceptors (Lipinski definition) is 3. The van der Waals surface area contributed by atoms with Gasteiger partial charge in [0.2, 0.25) is 0 Å². The molecule has 0 saturated carbocycles. The smallest absolute Gasteiger partial charge is 0.191 e. The van der Waals surface area contributed by atoms with Crippen LogP contribution in [-0.4, -0.2) is 24.2 Å². The Morgan fingerprint density at radius 3 is 2.72 bits per heavy atom. The third-order valence-corrected chi connectivity index (χ3v) is 2.45. The van der Waals surface area contributed by atoms with Crippen LogP contribution < -0.4 is 10.6 Å². The van der Waals surface area contributed by atoms with E-state index in [-0.39, 0.29) is 0 Å². The van der Waals surface area contributed by atoms with E-state index in [1.54, 1.807) is 0 Å². The van der Waals surface area contributed by atoms with Gasteiger partial charge >= 0.3 is 0 Å². The standard InChI is InChI=1S/C13H24N4O/c1-5-7-15-13(14-6-2)16-9-11-8-12(10(3)4)17-18-11/h8,10H,5-7,9H2,1-4H3,(H2,14,15,16). The molecule has 0 aliphatic carbocycles. The molecule has 1 aromatic heterocycles. The van der Waals surface area contributed by atoms with Gasteiger partial charge in [0.15, 0.2) is 11.7 Å². The second kappa shape index (κ2) is 7.74. The Kier molecular flexibility index (Phi) is 6.25. The first kappa shape index (κ1) is 14.5. The molecule has 1 aromatic rings. The van der Waals surface area contributed by atoms with Crippen molar-refractivity contribution in [3.8, 4) is 0 Å². The van der Waals surface area contributed by atoms with Crippen LogP contribution in [0.4, 0.5) is 0 Å². The van der Waals surface area contributed by atoms with E-state index in [0.717, 1.165) is 36.9 Å². The molecule has 102 valence electrons. The molecule has 0 aliphatic heterocycles. The predicted molar refractivity (Wildman–Crippen MR) is 73.7 cm³/mol. The molecule has 0 fully saturated rings. The summed E-state index contributed by atoms with van der Waals surface area (Å²) in [7, 11) is 0. The third-order valence-electron chi connectivity index (χ3n) is 2.45. The number of aliphatic imine (C=N–C) groups is 1. The lowest BCUT2D eigenvalue weighted by atomic mass is 10.1. The van der Waals surface area contributed by atoms with Crippen molar-refractivity contribution >= 4 is 5.96 Å². The molecule has 0 aromatic carbocycles. The number of aromatic nitrogens is 1. The van der Waals surface area contributed by atoms with Crippen LogP contribution in [0.25, 0.3) is 0 Å². The molecule has 0 bridgehead atoms. The molecule has 0 radical (unpaired) electrons. The molecule has 0 amide bonds. The lowest BCUT2D eigenvalue weighted by molar-refractivity contribution is 0.376. The zero-order valence-corrected chi connectivity index (χ0v) is 11.8. The van der Waals surface area contributed by atoms with Gasteiger partial charge in [-0.25, -0.2) is 4.99 Å². The fourth-order valence-electron chi connectivity index (χ4n) is 1.42. The number of rotatable bonds is 6. The van der Waals surface area contributed by atoms with Gasteiger partial charge in [0.25, 0.3) is 0 Å². The molecule has 0 saturated heterocycles. The summed E-state index contributed by atoms with van der Waals surface area (Å²) in [5, 5.41) is 10.5. The number of hydrogen-bond donors (Lipinski definition) is 2. The van der Waals surface area contributed by atoms with Crippen molar-refractivity contribution in [2.45, 2.75) is 46.6 Å². The van der Waals surface area contributed by atoms with E-state index in [2.05, 4.69) is 48.5 Å². The Morgan fingerprint density at radius 2 is 2.17 bits per heavy atom. The first-order valence-electron chi connectivity index (χ1n) is 6.65. The summed E-state index contributed by atoms with van der Waals surface area (Å²) >= 11 is 0. The summed E-state index contributed by atoms with van der Waals surface area (Å²) in [5.41, 5.74) is 0.978. The highest BCUT2D eigenvalue weighted by atomic mass is 16.5. The zero-order valence-electron chi connectivity index (χ0n) is 11.8. The number of guanidine groups is 1. The minimum atomic E-state index is 0.387. The summed E-state index contributed by atoms with van der Waals surface area (Å²) in [5.74, 6) is 2.01. The van der Waals surface area contributed by atoms with Crippen LogP contribution in [0.3, 0.4) is 0 Å². The molecule has 0 atom stereocenters. The van der Waals surface area contributed by atoms with Crippen molar-refractivity contribution in [3.05, 3.63) is 17.5 Å². The van der Waals surface area contributed by atoms with Gasteiger partial charge < -0.3 is 15.2 Å². The maximum absolute atomic E-state index is 5.25. The largest absolute Gasteiger partial charge is 0.359 e. The van der Waals surface area contributed by atoms with E-state index in [1.165, 1.54) is 0 Å². The topological polar surface area (TPSA) is 62.5 Å². The van der Waals surface area contributed by atoms with E-state index < -0.39 is 0 Å². The Hall–Kier alpha value is -1.52. The van der Waals surface area contributed by atoms with E-state index in [0.29, 0.717) is 12.5 Å².